The van der Waals surface area contributed by atoms with E-state index in [1.807, 2.05) is 0 Å². The largest absolute Gasteiger partial charge is 0.457 e. The molecule has 0 unspecified atom stereocenters. The second-order valence-electron chi connectivity index (χ2n) is 4.17. The van der Waals surface area contributed by atoms with Crippen LogP contribution in [-0.4, -0.2) is 10.7 Å². The number of nitrogens with zero attached hydrogens (tertiary/aromatic N) is 1. The van der Waals surface area contributed by atoms with Crippen molar-refractivity contribution in [2.75, 3.05) is 0 Å². The number of hydrogen-bond acceptors (Lipinski definition) is 4. The molecule has 108 valence electrons. The first-order valence-electron chi connectivity index (χ1n) is 5.81. The number of hydrogen-bond donors (Lipinski definition) is 0. The molecule has 0 bridgehead atoms. The van der Waals surface area contributed by atoms with Gasteiger partial charge in [0, 0.05) is 6.07 Å². The minimum atomic E-state index is -0.627. The van der Waals surface area contributed by atoms with Gasteiger partial charge in [0.2, 0.25) is 0 Å². The summed E-state index contributed by atoms with van der Waals surface area (Å²) in [6.45, 7) is 1.27. The molecule has 0 fully saturated rings. The van der Waals surface area contributed by atoms with E-state index in [1.165, 1.54) is 31.2 Å². The average Bonchev–Trinajstić information content (AvgIpc) is 2.42. The quantitative estimate of drug-likeness (QED) is 0.455. The second-order valence-corrected chi connectivity index (χ2v) is 4.98. The lowest BCUT2D eigenvalue weighted by atomic mass is 10.1. The van der Waals surface area contributed by atoms with E-state index >= 15 is 0 Å². The van der Waals surface area contributed by atoms with Crippen LogP contribution in [0, 0.1) is 10.1 Å². The molecular formula is C14H9Cl2NO4. The van der Waals surface area contributed by atoms with Crippen LogP contribution in [0.25, 0.3) is 0 Å². The van der Waals surface area contributed by atoms with Gasteiger partial charge in [-0.15, -0.1) is 0 Å². The molecular weight excluding hydrogens is 317 g/mol. The van der Waals surface area contributed by atoms with Crippen LogP contribution in [0.3, 0.4) is 0 Å². The van der Waals surface area contributed by atoms with E-state index in [0.717, 1.165) is 0 Å². The fraction of sp³-hybridized carbons (Fsp3) is 0.0714. The normalized spacial score (nSPS) is 10.2. The molecule has 0 N–H and O–H groups in total. The number of halogens is 2. The van der Waals surface area contributed by atoms with Crippen LogP contribution in [0.2, 0.25) is 10.0 Å². The minimum absolute atomic E-state index is 0.0292. The lowest BCUT2D eigenvalue weighted by Gasteiger charge is -2.07. The predicted molar refractivity (Wildman–Crippen MR) is 79.6 cm³/mol. The maximum Gasteiger partial charge on any atom is 0.283 e. The van der Waals surface area contributed by atoms with Crippen LogP contribution in [0.15, 0.2) is 36.4 Å². The van der Waals surface area contributed by atoms with Crippen LogP contribution in [0.4, 0.5) is 5.69 Å². The maximum atomic E-state index is 11.3. The molecule has 0 aromatic heterocycles. The fourth-order valence-electron chi connectivity index (χ4n) is 1.70. The highest BCUT2D eigenvalue weighted by atomic mass is 35.5. The van der Waals surface area contributed by atoms with Crippen molar-refractivity contribution < 1.29 is 14.5 Å². The minimum Gasteiger partial charge on any atom is -0.457 e. The SMILES string of the molecule is CC(=O)c1ccc(Oc2ccc(Cl)c(Cl)c2)cc1[N+](=O)[O-]. The van der Waals surface area contributed by atoms with Gasteiger partial charge in [-0.3, -0.25) is 14.9 Å². The lowest BCUT2D eigenvalue weighted by Crippen LogP contribution is -2.00. The Morgan fingerprint density at radius 1 is 1.10 bits per heavy atom. The van der Waals surface area contributed by atoms with Gasteiger partial charge >= 0.3 is 0 Å². The predicted octanol–water partition coefficient (Wildman–Crippen LogP) is 4.90. The van der Waals surface area contributed by atoms with E-state index in [1.54, 1.807) is 12.1 Å². The molecule has 2 aromatic rings. The van der Waals surface area contributed by atoms with Gasteiger partial charge in [0.15, 0.2) is 5.78 Å². The molecule has 7 heteroatoms. The molecule has 2 aromatic carbocycles. The number of carbonyl (C=O) groups excluding carboxylic acids is 1. The Balaban J connectivity index is 2.36. The zero-order chi connectivity index (χ0) is 15.6. The summed E-state index contributed by atoms with van der Waals surface area (Å²) in [5.74, 6) is 0.224. The van der Waals surface area contributed by atoms with Gasteiger partial charge in [0.05, 0.1) is 26.6 Å². The third-order valence-corrected chi connectivity index (χ3v) is 3.41. The van der Waals surface area contributed by atoms with E-state index in [0.29, 0.717) is 15.8 Å². The summed E-state index contributed by atoms with van der Waals surface area (Å²) in [6, 6.07) is 8.66. The Bertz CT molecular complexity index is 731. The standard InChI is InChI=1S/C14H9Cl2NO4/c1-8(18)11-4-2-10(7-14(11)17(19)20)21-9-3-5-12(15)13(16)6-9/h2-7H,1H3. The van der Waals surface area contributed by atoms with E-state index < -0.39 is 4.92 Å². The zero-order valence-electron chi connectivity index (χ0n) is 10.8. The Kier molecular flexibility index (Phi) is 4.45. The Labute approximate surface area is 130 Å². The van der Waals surface area contributed by atoms with Crippen molar-refractivity contribution >= 4 is 34.7 Å². The summed E-state index contributed by atoms with van der Waals surface area (Å²) >= 11 is 11.7. The number of ether oxygens (including phenoxy) is 1. The third kappa shape index (κ3) is 3.51. The molecule has 0 aliphatic rings. The summed E-state index contributed by atoms with van der Waals surface area (Å²) in [6.07, 6.45) is 0. The van der Waals surface area contributed by atoms with Gasteiger partial charge in [0.1, 0.15) is 11.5 Å². The Morgan fingerprint density at radius 2 is 1.71 bits per heavy atom. The number of carbonyl (C=O) groups is 1. The fourth-order valence-corrected chi connectivity index (χ4v) is 1.99. The van der Waals surface area contributed by atoms with Crippen molar-refractivity contribution in [1.82, 2.24) is 0 Å². The third-order valence-electron chi connectivity index (χ3n) is 2.67. The molecule has 21 heavy (non-hydrogen) atoms. The first-order chi connectivity index (χ1) is 9.88. The summed E-state index contributed by atoms with van der Waals surface area (Å²) in [7, 11) is 0. The number of nitro groups is 1. The van der Waals surface area contributed by atoms with E-state index in [-0.39, 0.29) is 22.8 Å². The van der Waals surface area contributed by atoms with Gasteiger partial charge in [-0.2, -0.15) is 0 Å². The molecule has 0 saturated heterocycles. The summed E-state index contributed by atoms with van der Waals surface area (Å²) in [4.78, 5) is 21.7. The molecule has 0 atom stereocenters. The number of benzene rings is 2. The van der Waals surface area contributed by atoms with Gasteiger partial charge in [-0.25, -0.2) is 0 Å². The summed E-state index contributed by atoms with van der Waals surface area (Å²) in [5.41, 5.74) is -0.276. The average molecular weight is 326 g/mol. The molecule has 0 radical (unpaired) electrons. The number of ketones is 1. The number of rotatable bonds is 4. The Morgan fingerprint density at radius 3 is 2.29 bits per heavy atom. The molecule has 0 amide bonds. The highest BCUT2D eigenvalue weighted by Crippen LogP contribution is 2.32. The molecule has 5 nitrogen and oxygen atoms in total. The van der Waals surface area contributed by atoms with E-state index in [9.17, 15) is 14.9 Å². The highest BCUT2D eigenvalue weighted by molar-refractivity contribution is 6.42. The smallest absolute Gasteiger partial charge is 0.283 e. The van der Waals surface area contributed by atoms with Gasteiger partial charge in [-0.05, 0) is 31.2 Å². The van der Waals surface area contributed by atoms with Gasteiger partial charge in [-0.1, -0.05) is 23.2 Å². The summed E-state index contributed by atoms with van der Waals surface area (Å²) < 4.78 is 5.48. The van der Waals surface area contributed by atoms with Crippen molar-refractivity contribution in [3.05, 3.63) is 62.1 Å². The lowest BCUT2D eigenvalue weighted by molar-refractivity contribution is -0.385. The summed E-state index contributed by atoms with van der Waals surface area (Å²) in [5, 5.41) is 11.7. The van der Waals surface area contributed by atoms with Gasteiger partial charge < -0.3 is 4.74 Å². The van der Waals surface area contributed by atoms with Crippen LogP contribution in [0.5, 0.6) is 11.5 Å². The van der Waals surface area contributed by atoms with Crippen LogP contribution in [-0.2, 0) is 0 Å². The molecule has 0 saturated carbocycles. The zero-order valence-corrected chi connectivity index (χ0v) is 12.3. The van der Waals surface area contributed by atoms with Crippen molar-refractivity contribution in [3.8, 4) is 11.5 Å². The molecule has 0 heterocycles. The molecule has 0 spiro atoms. The van der Waals surface area contributed by atoms with E-state index in [2.05, 4.69) is 0 Å². The number of nitro benzene ring substituents is 1. The maximum absolute atomic E-state index is 11.3. The van der Waals surface area contributed by atoms with Crippen LogP contribution >= 0.6 is 23.2 Å². The number of Topliss-reactive ketones (excluding diaryl/α,β-unsaturated/α-hetero) is 1. The first-order valence-corrected chi connectivity index (χ1v) is 6.56. The molecule has 0 aliphatic heterocycles. The van der Waals surface area contributed by atoms with Crippen LogP contribution < -0.4 is 4.74 Å². The van der Waals surface area contributed by atoms with Crippen molar-refractivity contribution in [2.24, 2.45) is 0 Å². The molecule has 0 aliphatic carbocycles. The van der Waals surface area contributed by atoms with Crippen molar-refractivity contribution in [1.29, 1.82) is 0 Å². The van der Waals surface area contributed by atoms with Crippen molar-refractivity contribution in [3.63, 3.8) is 0 Å². The topological polar surface area (TPSA) is 69.4 Å². The first kappa shape index (κ1) is 15.3. The van der Waals surface area contributed by atoms with Crippen molar-refractivity contribution in [2.45, 2.75) is 6.92 Å². The second kappa shape index (κ2) is 6.11. The van der Waals surface area contributed by atoms with Crippen LogP contribution in [0.1, 0.15) is 17.3 Å². The van der Waals surface area contributed by atoms with E-state index in [4.69, 9.17) is 27.9 Å². The monoisotopic (exact) mass is 325 g/mol. The highest BCUT2D eigenvalue weighted by Gasteiger charge is 2.18. The van der Waals surface area contributed by atoms with Gasteiger partial charge in [0.25, 0.3) is 5.69 Å². The Hall–Kier alpha value is -2.11. The molecule has 2 rings (SSSR count).